The van der Waals surface area contributed by atoms with E-state index in [4.69, 9.17) is 5.14 Å². The molecule has 0 bridgehead atoms. The number of benzene rings is 2. The van der Waals surface area contributed by atoms with Crippen LogP contribution >= 0.6 is 0 Å². The number of nitrogens with two attached hydrogens (primary N) is 1. The van der Waals surface area contributed by atoms with Gasteiger partial charge in [-0.15, -0.1) is 0 Å². The number of hydrogen-bond acceptors (Lipinski definition) is 5. The smallest absolute Gasteiger partial charge is 0.233 e. The van der Waals surface area contributed by atoms with Gasteiger partial charge in [0.2, 0.25) is 6.35 Å². The Morgan fingerprint density at radius 3 is 2.29 bits per heavy atom. The van der Waals surface area contributed by atoms with Gasteiger partial charge >= 0.3 is 0 Å². The van der Waals surface area contributed by atoms with E-state index < -0.39 is 16.3 Å². The molecule has 0 aromatic heterocycles. The number of fused-ring (bicyclic) bond motifs is 2. The molecule has 0 amide bonds. The minimum atomic E-state index is -3.20. The number of nitrogens with one attached hydrogen (secondary N) is 2. The lowest BCUT2D eigenvalue weighted by Crippen LogP contribution is -2.23. The second-order valence-electron chi connectivity index (χ2n) is 7.60. The summed E-state index contributed by atoms with van der Waals surface area (Å²) in [7, 11) is -1.33. The second-order valence-corrected chi connectivity index (χ2v) is 9.42. The molecule has 0 radical (unpaired) electrons. The summed E-state index contributed by atoms with van der Waals surface area (Å²) in [5.74, 6) is 0. The first-order chi connectivity index (χ1) is 13.5. The molecule has 0 aliphatic heterocycles. The highest BCUT2D eigenvalue weighted by Gasteiger charge is 2.25. The minimum Gasteiger partial charge on any atom is -0.355 e. The molecule has 2 aliphatic rings. The molecule has 6 nitrogen and oxygen atoms in total. The molecule has 0 saturated carbocycles. The maximum Gasteiger partial charge on any atom is 0.233 e. The molecule has 2 aliphatic carbocycles. The summed E-state index contributed by atoms with van der Waals surface area (Å²) < 4.78 is 17.0. The Morgan fingerprint density at radius 1 is 1.11 bits per heavy atom. The van der Waals surface area contributed by atoms with Gasteiger partial charge in [-0.25, -0.2) is 9.35 Å². The average molecular weight is 401 g/mol. The van der Waals surface area contributed by atoms with Crippen LogP contribution in [0.1, 0.15) is 40.7 Å². The lowest BCUT2D eigenvalue weighted by Gasteiger charge is -2.19. The molecule has 7 heteroatoms. The van der Waals surface area contributed by atoms with E-state index in [1.54, 1.807) is 12.1 Å². The van der Waals surface area contributed by atoms with Gasteiger partial charge in [0.1, 0.15) is 9.92 Å². The summed E-state index contributed by atoms with van der Waals surface area (Å²) in [4.78, 5) is 0.414. The van der Waals surface area contributed by atoms with Crippen LogP contribution in [0.2, 0.25) is 0 Å². The van der Waals surface area contributed by atoms with Crippen LogP contribution in [0.5, 0.6) is 0 Å². The third-order valence-electron chi connectivity index (χ3n) is 5.64. The van der Waals surface area contributed by atoms with Gasteiger partial charge in [0.25, 0.3) is 0 Å². The SMILES string of the molecule is CNCc1ccc(S(N)(=O)=NC(O)Nc2c3c(cc4c2CCC4)CCC3)cc1. The number of aryl methyl sites for hydroxylation is 2. The maximum atomic E-state index is 12.9. The lowest BCUT2D eigenvalue weighted by molar-refractivity contribution is 0.216. The molecule has 0 heterocycles. The number of nitrogens with zero attached hydrogens (tertiary/aromatic N) is 1. The molecule has 5 N–H and O–H groups in total. The summed E-state index contributed by atoms with van der Waals surface area (Å²) >= 11 is 0. The standard InChI is InChI=1S/C21H28N4O2S/c1-23-13-14-8-10-17(11-9-14)28(22,27)25-21(26)24-20-18-6-2-4-15(18)12-16-5-3-7-19(16)20/h8-12,21,23-24,26H,2-7,13H2,1H3,(H2,22,25,27). The first kappa shape index (κ1) is 19.4. The van der Waals surface area contributed by atoms with E-state index in [-0.39, 0.29) is 0 Å². The van der Waals surface area contributed by atoms with Crippen molar-refractivity contribution < 1.29 is 9.32 Å². The second kappa shape index (κ2) is 7.83. The van der Waals surface area contributed by atoms with Gasteiger partial charge in [-0.1, -0.05) is 18.2 Å². The zero-order valence-electron chi connectivity index (χ0n) is 16.2. The van der Waals surface area contributed by atoms with E-state index in [1.165, 1.54) is 22.3 Å². The normalized spacial score (nSPS) is 18.2. The van der Waals surface area contributed by atoms with Crippen molar-refractivity contribution in [1.29, 1.82) is 0 Å². The summed E-state index contributed by atoms with van der Waals surface area (Å²) in [6.45, 7) is 0.720. The van der Waals surface area contributed by atoms with Crippen molar-refractivity contribution in [3.8, 4) is 0 Å². The third-order valence-corrected chi connectivity index (χ3v) is 7.11. The summed E-state index contributed by atoms with van der Waals surface area (Å²) in [6.07, 6.45) is 5.12. The zero-order valence-corrected chi connectivity index (χ0v) is 17.0. The molecule has 0 spiro atoms. The molecule has 0 saturated heterocycles. The summed E-state index contributed by atoms with van der Waals surface area (Å²) in [5.41, 5.74) is 7.33. The van der Waals surface area contributed by atoms with Crippen molar-refractivity contribution in [3.05, 3.63) is 58.1 Å². The van der Waals surface area contributed by atoms with E-state index in [9.17, 15) is 9.32 Å². The fourth-order valence-electron chi connectivity index (χ4n) is 4.36. The van der Waals surface area contributed by atoms with E-state index in [0.717, 1.165) is 56.3 Å². The maximum absolute atomic E-state index is 12.9. The fraction of sp³-hybridized carbons (Fsp3) is 0.429. The van der Waals surface area contributed by atoms with E-state index >= 15 is 0 Å². The Morgan fingerprint density at radius 2 is 1.71 bits per heavy atom. The number of aliphatic hydroxyl groups excluding tert-OH is 1. The Labute approximate surface area is 166 Å². The molecular weight excluding hydrogens is 372 g/mol. The first-order valence-corrected chi connectivity index (χ1v) is 11.4. The van der Waals surface area contributed by atoms with Gasteiger partial charge in [-0.05, 0) is 85.5 Å². The minimum absolute atomic E-state index is 0.414. The molecule has 0 fully saturated rings. The highest BCUT2D eigenvalue weighted by Crippen LogP contribution is 2.38. The molecule has 2 aromatic carbocycles. The topological polar surface area (TPSA) is 99.7 Å². The lowest BCUT2D eigenvalue weighted by atomic mass is 9.99. The fourth-order valence-corrected chi connectivity index (χ4v) is 5.36. The van der Waals surface area contributed by atoms with Gasteiger partial charge in [0, 0.05) is 12.2 Å². The van der Waals surface area contributed by atoms with Crippen LogP contribution in [0.3, 0.4) is 0 Å². The average Bonchev–Trinajstić information content (AvgIpc) is 3.31. The predicted molar refractivity (Wildman–Crippen MR) is 112 cm³/mol. The Hall–Kier alpha value is -1.93. The third kappa shape index (κ3) is 3.80. The largest absolute Gasteiger partial charge is 0.355 e. The van der Waals surface area contributed by atoms with Crippen LogP contribution in [0.15, 0.2) is 39.6 Å². The molecule has 2 atom stereocenters. The van der Waals surface area contributed by atoms with Gasteiger partial charge in [0.15, 0.2) is 0 Å². The summed E-state index contributed by atoms with van der Waals surface area (Å²) in [5, 5.41) is 22.7. The van der Waals surface area contributed by atoms with Crippen molar-refractivity contribution in [2.45, 2.75) is 56.3 Å². The predicted octanol–water partition coefficient (Wildman–Crippen LogP) is 2.47. The Bertz CT molecular complexity index is 962. The monoisotopic (exact) mass is 400 g/mol. The van der Waals surface area contributed by atoms with Crippen molar-refractivity contribution in [2.75, 3.05) is 12.4 Å². The van der Waals surface area contributed by atoms with Crippen molar-refractivity contribution in [3.63, 3.8) is 0 Å². The van der Waals surface area contributed by atoms with Gasteiger partial charge in [-0.2, -0.15) is 4.36 Å². The molecule has 4 rings (SSSR count). The Balaban J connectivity index is 1.60. The molecule has 28 heavy (non-hydrogen) atoms. The van der Waals surface area contributed by atoms with Crippen LogP contribution in [0, 0.1) is 0 Å². The molecule has 2 unspecified atom stereocenters. The van der Waals surface area contributed by atoms with Crippen LogP contribution in [-0.4, -0.2) is 22.7 Å². The zero-order chi connectivity index (χ0) is 19.7. The van der Waals surface area contributed by atoms with Gasteiger partial charge in [0.05, 0.1) is 4.90 Å². The highest BCUT2D eigenvalue weighted by atomic mass is 32.2. The number of anilines is 1. The van der Waals surface area contributed by atoms with Gasteiger partial charge in [-0.3, -0.25) is 0 Å². The van der Waals surface area contributed by atoms with Crippen LogP contribution in [0.25, 0.3) is 0 Å². The van der Waals surface area contributed by atoms with Crippen molar-refractivity contribution in [2.24, 2.45) is 9.50 Å². The van der Waals surface area contributed by atoms with Crippen LogP contribution in [0.4, 0.5) is 5.69 Å². The van der Waals surface area contributed by atoms with Crippen LogP contribution in [-0.2, 0) is 42.1 Å². The number of hydrogen-bond donors (Lipinski definition) is 4. The molecule has 150 valence electrons. The number of aliphatic hydroxyl groups is 1. The van der Waals surface area contributed by atoms with Crippen molar-refractivity contribution >= 4 is 15.6 Å². The van der Waals surface area contributed by atoms with E-state index in [0.29, 0.717) is 4.90 Å². The first-order valence-electron chi connectivity index (χ1n) is 9.86. The van der Waals surface area contributed by atoms with Crippen LogP contribution < -0.4 is 15.8 Å². The van der Waals surface area contributed by atoms with E-state index in [2.05, 4.69) is 21.1 Å². The summed E-state index contributed by atoms with van der Waals surface area (Å²) in [6, 6.07) is 9.49. The quantitative estimate of drug-likeness (QED) is 0.560. The molecular formula is C21H28N4O2S. The highest BCUT2D eigenvalue weighted by molar-refractivity contribution is 7.91. The van der Waals surface area contributed by atoms with Gasteiger partial charge < -0.3 is 15.7 Å². The molecule has 2 aromatic rings. The van der Waals surface area contributed by atoms with E-state index in [1.807, 2.05) is 19.2 Å². The Kier molecular flexibility index (Phi) is 5.42. The van der Waals surface area contributed by atoms with Crippen molar-refractivity contribution in [1.82, 2.24) is 5.32 Å². The number of rotatable bonds is 6.